The molecule has 1 saturated carbocycles. The third kappa shape index (κ3) is 3.56. The Labute approximate surface area is 160 Å². The van der Waals surface area contributed by atoms with E-state index < -0.39 is 12.5 Å². The van der Waals surface area contributed by atoms with Crippen LogP contribution in [0.3, 0.4) is 0 Å². The second-order valence-corrected chi connectivity index (χ2v) is 7.94. The number of anilines is 2. The molecule has 1 aliphatic heterocycles. The Hall–Kier alpha value is -2.07. The highest BCUT2D eigenvalue weighted by molar-refractivity contribution is 5.64. The highest BCUT2D eigenvalue weighted by atomic mass is 16.1. The van der Waals surface area contributed by atoms with Crippen LogP contribution in [0.15, 0.2) is 41.3 Å². The maximum atomic E-state index is 12.0. The van der Waals surface area contributed by atoms with E-state index in [9.17, 15) is 4.79 Å². The van der Waals surface area contributed by atoms with Gasteiger partial charge in [-0.3, -0.25) is 9.69 Å². The van der Waals surface area contributed by atoms with Crippen LogP contribution in [0.1, 0.15) is 41.9 Å². The molecule has 4 rings (SSSR count). The number of aryl methyl sites for hydroxylation is 1. The van der Waals surface area contributed by atoms with Gasteiger partial charge in [0, 0.05) is 54.7 Å². The van der Waals surface area contributed by atoms with Crippen molar-refractivity contribution in [3.05, 3.63) is 58.0 Å². The molecule has 1 aromatic carbocycles. The summed E-state index contributed by atoms with van der Waals surface area (Å²) < 4.78 is 23.8. The molecule has 0 spiro atoms. The molecule has 1 aliphatic carbocycles. The van der Waals surface area contributed by atoms with E-state index >= 15 is 0 Å². The number of hydrogen-bond acceptors (Lipinski definition) is 3. The molecule has 0 saturated heterocycles. The van der Waals surface area contributed by atoms with Crippen LogP contribution in [0.25, 0.3) is 0 Å². The zero-order chi connectivity index (χ0) is 20.8. The van der Waals surface area contributed by atoms with Crippen LogP contribution < -0.4 is 10.5 Å². The summed E-state index contributed by atoms with van der Waals surface area (Å²) >= 11 is 0. The lowest BCUT2D eigenvalue weighted by Crippen LogP contribution is -2.33. The van der Waals surface area contributed by atoms with E-state index in [-0.39, 0.29) is 6.04 Å². The first-order valence-corrected chi connectivity index (χ1v) is 9.59. The number of pyridine rings is 1. The lowest BCUT2D eigenvalue weighted by atomic mass is 9.98. The molecule has 1 aromatic heterocycles. The van der Waals surface area contributed by atoms with Crippen molar-refractivity contribution in [2.75, 3.05) is 18.0 Å². The molecule has 0 N–H and O–H groups in total. The van der Waals surface area contributed by atoms with E-state index in [1.807, 2.05) is 0 Å². The fourth-order valence-corrected chi connectivity index (χ4v) is 3.94. The van der Waals surface area contributed by atoms with Crippen molar-refractivity contribution in [1.29, 1.82) is 0 Å². The highest BCUT2D eigenvalue weighted by Gasteiger charge is 2.26. The monoisotopic (exact) mass is 354 g/mol. The Morgan fingerprint density at radius 3 is 2.73 bits per heavy atom. The van der Waals surface area contributed by atoms with Crippen LogP contribution in [0.5, 0.6) is 0 Å². The van der Waals surface area contributed by atoms with Gasteiger partial charge in [0.1, 0.15) is 0 Å². The molecule has 0 radical (unpaired) electrons. The molecule has 4 heteroatoms. The fraction of sp³-hybridized carbons (Fsp3) is 0.500. The second-order valence-electron chi connectivity index (χ2n) is 7.94. The van der Waals surface area contributed by atoms with Crippen molar-refractivity contribution in [2.45, 2.75) is 45.7 Å². The number of aromatic nitrogens is 1. The third-order valence-electron chi connectivity index (χ3n) is 5.46. The molecule has 2 aromatic rings. The maximum absolute atomic E-state index is 12.0. The minimum atomic E-state index is -2.49. The Morgan fingerprint density at radius 1 is 1.19 bits per heavy atom. The normalized spacial score (nSPS) is 19.6. The molecule has 26 heavy (non-hydrogen) atoms. The van der Waals surface area contributed by atoms with E-state index in [1.165, 1.54) is 42.8 Å². The van der Waals surface area contributed by atoms with Crippen LogP contribution >= 0.6 is 0 Å². The van der Waals surface area contributed by atoms with Crippen molar-refractivity contribution in [3.8, 4) is 0 Å². The molecule has 0 bridgehead atoms. The summed E-state index contributed by atoms with van der Waals surface area (Å²) in [5, 5.41) is 0. The number of rotatable bonds is 5. The van der Waals surface area contributed by atoms with Crippen molar-refractivity contribution in [2.24, 2.45) is 12.9 Å². The van der Waals surface area contributed by atoms with Crippen molar-refractivity contribution >= 4 is 11.4 Å². The Morgan fingerprint density at radius 2 is 2.00 bits per heavy atom. The molecule has 0 amide bonds. The van der Waals surface area contributed by atoms with Gasteiger partial charge in [-0.15, -0.1) is 0 Å². The van der Waals surface area contributed by atoms with Gasteiger partial charge in [0.25, 0.3) is 0 Å². The predicted octanol–water partition coefficient (Wildman–Crippen LogP) is 3.70. The van der Waals surface area contributed by atoms with Gasteiger partial charge in [0.15, 0.2) is 0 Å². The second kappa shape index (κ2) is 6.92. The average Bonchev–Trinajstić information content (AvgIpc) is 3.46. The molecule has 2 heterocycles. The standard InChI is InChI=1S/C22H29N3O/c1-16(2)25(21-8-9-22(26)23(3)15-21)20-7-6-18-10-11-24(13-17-4-5-17)14-19(18)12-20/h6-9,12,15-17H,4-5,10-11,13-14H2,1-3H3/i3D3. The topological polar surface area (TPSA) is 28.5 Å². The van der Waals surface area contributed by atoms with Crippen molar-refractivity contribution < 1.29 is 4.11 Å². The van der Waals surface area contributed by atoms with Gasteiger partial charge in [-0.05, 0) is 68.4 Å². The molecule has 4 nitrogen and oxygen atoms in total. The van der Waals surface area contributed by atoms with E-state index in [4.69, 9.17) is 4.11 Å². The van der Waals surface area contributed by atoms with Crippen LogP contribution in [0.2, 0.25) is 0 Å². The van der Waals surface area contributed by atoms with Crippen LogP contribution in [-0.2, 0) is 19.9 Å². The first-order chi connectivity index (χ1) is 13.7. The Balaban J connectivity index is 1.67. The molecular formula is C22H29N3O. The summed E-state index contributed by atoms with van der Waals surface area (Å²) in [7, 11) is 0. The van der Waals surface area contributed by atoms with Gasteiger partial charge < -0.3 is 9.47 Å². The van der Waals surface area contributed by atoms with Gasteiger partial charge >= 0.3 is 0 Å². The highest BCUT2D eigenvalue weighted by Crippen LogP contribution is 2.34. The lowest BCUT2D eigenvalue weighted by Gasteiger charge is -2.33. The summed E-state index contributed by atoms with van der Waals surface area (Å²) in [5.41, 5.74) is 3.98. The van der Waals surface area contributed by atoms with E-state index in [1.54, 1.807) is 6.07 Å². The number of benzene rings is 1. The lowest BCUT2D eigenvalue weighted by molar-refractivity contribution is 0.244. The maximum Gasteiger partial charge on any atom is 0.250 e. The van der Waals surface area contributed by atoms with Crippen LogP contribution in [0.4, 0.5) is 11.4 Å². The van der Waals surface area contributed by atoms with E-state index in [2.05, 4.69) is 41.8 Å². The van der Waals surface area contributed by atoms with Crippen LogP contribution in [0, 0.1) is 5.92 Å². The minimum absolute atomic E-state index is 0.113. The van der Waals surface area contributed by atoms with Gasteiger partial charge in [0.05, 0.1) is 5.69 Å². The zero-order valence-electron chi connectivity index (χ0n) is 18.6. The van der Waals surface area contributed by atoms with Crippen molar-refractivity contribution in [1.82, 2.24) is 9.47 Å². The van der Waals surface area contributed by atoms with Gasteiger partial charge in [-0.1, -0.05) is 6.07 Å². The summed E-state index contributed by atoms with van der Waals surface area (Å²) in [6.07, 6.45) is 5.26. The molecule has 1 fully saturated rings. The number of fused-ring (bicyclic) bond motifs is 1. The summed E-state index contributed by atoms with van der Waals surface area (Å²) in [6, 6.07) is 9.71. The first kappa shape index (κ1) is 14.0. The quantitative estimate of drug-likeness (QED) is 0.820. The first-order valence-electron chi connectivity index (χ1n) is 11.1. The van der Waals surface area contributed by atoms with E-state index in [0.29, 0.717) is 5.69 Å². The molecular weight excluding hydrogens is 322 g/mol. The molecule has 0 unspecified atom stereocenters. The minimum Gasteiger partial charge on any atom is -0.338 e. The van der Waals surface area contributed by atoms with Gasteiger partial charge in [-0.2, -0.15) is 0 Å². The Kier molecular flexibility index (Phi) is 3.74. The summed E-state index contributed by atoms with van der Waals surface area (Å²) in [6.45, 7) is 4.95. The van der Waals surface area contributed by atoms with Crippen LogP contribution in [-0.4, -0.2) is 28.6 Å². The Bertz CT molecular complexity index is 947. The SMILES string of the molecule is [2H]C([2H])([2H])n1cc(N(c2ccc3c(c2)CN(CC2CC2)CC3)C(C)C)ccc1=O. The average molecular weight is 355 g/mol. The summed E-state index contributed by atoms with van der Waals surface area (Å²) in [4.78, 5) is 16.7. The third-order valence-corrected chi connectivity index (χ3v) is 5.46. The molecule has 0 atom stereocenters. The van der Waals surface area contributed by atoms with E-state index in [0.717, 1.165) is 35.7 Å². The summed E-state index contributed by atoms with van der Waals surface area (Å²) in [5.74, 6) is 0.882. The van der Waals surface area contributed by atoms with Gasteiger partial charge in [0.2, 0.25) is 5.56 Å². The number of nitrogens with zero attached hydrogens (tertiary/aromatic N) is 3. The van der Waals surface area contributed by atoms with Gasteiger partial charge in [-0.25, -0.2) is 0 Å². The zero-order valence-corrected chi connectivity index (χ0v) is 15.6. The number of hydrogen-bond donors (Lipinski definition) is 0. The molecule has 138 valence electrons. The van der Waals surface area contributed by atoms with Crippen molar-refractivity contribution in [3.63, 3.8) is 0 Å². The largest absolute Gasteiger partial charge is 0.338 e. The smallest absolute Gasteiger partial charge is 0.250 e. The fourth-order valence-electron chi connectivity index (χ4n) is 3.94. The molecule has 2 aliphatic rings. The predicted molar refractivity (Wildman–Crippen MR) is 107 cm³/mol.